The molecule has 4 amide bonds. The van der Waals surface area contributed by atoms with E-state index in [9.17, 15) is 19.2 Å². The third-order valence-corrected chi connectivity index (χ3v) is 8.02. The molecule has 0 bridgehead atoms. The molecule has 4 unspecified atom stereocenters. The highest BCUT2D eigenvalue weighted by molar-refractivity contribution is 6.17. The number of fused-ring (bicyclic) bond motifs is 2. The van der Waals surface area contributed by atoms with Gasteiger partial charge in [0.1, 0.15) is 24.2 Å². The average Bonchev–Trinajstić information content (AvgIpc) is 3.03. The topological polar surface area (TPSA) is 81.2 Å². The molecule has 0 radical (unpaired) electrons. The van der Waals surface area contributed by atoms with Crippen molar-refractivity contribution in [3.05, 3.63) is 145 Å². The van der Waals surface area contributed by atoms with E-state index in [1.165, 1.54) is 0 Å². The lowest BCUT2D eigenvalue weighted by atomic mass is 9.87. The summed E-state index contributed by atoms with van der Waals surface area (Å²) in [4.78, 5) is 61.5. The van der Waals surface area contributed by atoms with E-state index >= 15 is 0 Å². The van der Waals surface area contributed by atoms with Crippen LogP contribution in [0.1, 0.15) is 23.0 Å². The minimum Gasteiger partial charge on any atom is -0.293 e. The second-order valence-corrected chi connectivity index (χ2v) is 10.4. The van der Waals surface area contributed by atoms with Crippen molar-refractivity contribution in [1.82, 2.24) is 9.80 Å². The minimum atomic E-state index is -1.08. The molecule has 0 N–H and O–H groups in total. The molecule has 4 aliphatic rings. The van der Waals surface area contributed by atoms with Crippen LogP contribution in [-0.4, -0.2) is 45.8 Å². The van der Waals surface area contributed by atoms with E-state index in [4.69, 9.17) is 0 Å². The first-order chi connectivity index (χ1) is 20.5. The Morgan fingerprint density at radius 1 is 0.429 bits per heavy atom. The molecule has 8 heteroatoms. The monoisotopic (exact) mass is 554 g/mol. The molecule has 0 aromatic heterocycles. The first-order valence-electron chi connectivity index (χ1n) is 13.7. The Kier molecular flexibility index (Phi) is 6.16. The van der Waals surface area contributed by atoms with Gasteiger partial charge in [0, 0.05) is 23.8 Å². The summed E-state index contributed by atoms with van der Waals surface area (Å²) in [5, 5.41) is 0. The molecule has 7 rings (SSSR count). The molecule has 0 aliphatic carbocycles. The number of para-hydroxylation sites is 2. The summed E-state index contributed by atoms with van der Waals surface area (Å²) in [6.07, 6.45) is 13.1. The molecular weight excluding hydrogens is 528 g/mol. The van der Waals surface area contributed by atoms with E-state index in [2.05, 4.69) is 0 Å². The number of allylic oxidation sites excluding steroid dienone is 4. The lowest BCUT2D eigenvalue weighted by molar-refractivity contribution is -0.142. The molecule has 206 valence electrons. The van der Waals surface area contributed by atoms with Gasteiger partial charge in [-0.05, 0) is 59.7 Å². The maximum atomic E-state index is 13.9. The van der Waals surface area contributed by atoms with Gasteiger partial charge < -0.3 is 0 Å². The zero-order valence-electron chi connectivity index (χ0n) is 22.4. The van der Waals surface area contributed by atoms with E-state index < -0.39 is 24.2 Å². The van der Waals surface area contributed by atoms with Gasteiger partial charge in [-0.3, -0.25) is 38.8 Å². The van der Waals surface area contributed by atoms with Crippen molar-refractivity contribution in [3.63, 3.8) is 0 Å². The summed E-state index contributed by atoms with van der Waals surface area (Å²) in [5.74, 6) is -3.51. The number of benzene rings is 3. The fourth-order valence-corrected chi connectivity index (χ4v) is 6.04. The average molecular weight is 555 g/mol. The Morgan fingerprint density at radius 3 is 1.19 bits per heavy atom. The van der Waals surface area contributed by atoms with Crippen LogP contribution in [0.2, 0.25) is 0 Å². The molecule has 2 saturated heterocycles. The zero-order chi connectivity index (χ0) is 28.8. The van der Waals surface area contributed by atoms with Crippen LogP contribution in [-0.2, 0) is 19.2 Å². The summed E-state index contributed by atoms with van der Waals surface area (Å²) >= 11 is 0. The lowest BCUT2D eigenvalue weighted by Gasteiger charge is -2.45. The molecule has 2 fully saturated rings. The minimum absolute atomic E-state index is 0.335. The van der Waals surface area contributed by atoms with Gasteiger partial charge >= 0.3 is 0 Å². The van der Waals surface area contributed by atoms with Crippen molar-refractivity contribution in [2.24, 2.45) is 0 Å². The summed E-state index contributed by atoms with van der Waals surface area (Å²) in [6.45, 7) is 0. The molecule has 4 aliphatic heterocycles. The summed E-state index contributed by atoms with van der Waals surface area (Å²) < 4.78 is 0. The molecule has 0 saturated carbocycles. The fraction of sp³-hybridized carbons (Fsp3) is 0.118. The number of carbonyl (C=O) groups excluding carboxylic acids is 4. The van der Waals surface area contributed by atoms with E-state index in [1.807, 2.05) is 85.0 Å². The maximum Gasteiger partial charge on any atom is 0.246 e. The number of nitrogens with zero attached hydrogens (tertiary/aromatic N) is 4. The summed E-state index contributed by atoms with van der Waals surface area (Å²) in [6, 6.07) is 25.2. The Labute approximate surface area is 242 Å². The van der Waals surface area contributed by atoms with Crippen LogP contribution >= 0.6 is 0 Å². The second kappa shape index (κ2) is 10.2. The molecule has 42 heavy (non-hydrogen) atoms. The van der Waals surface area contributed by atoms with Gasteiger partial charge in [-0.15, -0.1) is 0 Å². The molecular formula is C34H26N4O4. The quantitative estimate of drug-likeness (QED) is 0.447. The van der Waals surface area contributed by atoms with Gasteiger partial charge in [0.2, 0.25) is 23.6 Å². The molecule has 4 atom stereocenters. The highest BCUT2D eigenvalue weighted by atomic mass is 16.2. The highest BCUT2D eigenvalue weighted by Gasteiger charge is 2.48. The molecule has 3 aromatic carbocycles. The van der Waals surface area contributed by atoms with Gasteiger partial charge in [0.15, 0.2) is 0 Å². The van der Waals surface area contributed by atoms with Gasteiger partial charge in [-0.2, -0.15) is 0 Å². The van der Waals surface area contributed by atoms with Crippen molar-refractivity contribution in [2.45, 2.75) is 24.2 Å². The third kappa shape index (κ3) is 3.99. The van der Waals surface area contributed by atoms with Crippen molar-refractivity contribution in [2.75, 3.05) is 9.80 Å². The van der Waals surface area contributed by atoms with Gasteiger partial charge in [-0.25, -0.2) is 0 Å². The van der Waals surface area contributed by atoms with Crippen LogP contribution in [0.5, 0.6) is 0 Å². The number of hydrogen-bond acceptors (Lipinski definition) is 4. The van der Waals surface area contributed by atoms with Crippen LogP contribution in [0.25, 0.3) is 0 Å². The predicted molar refractivity (Wildman–Crippen MR) is 158 cm³/mol. The Morgan fingerprint density at radius 2 is 0.810 bits per heavy atom. The van der Waals surface area contributed by atoms with Crippen LogP contribution < -0.4 is 9.80 Å². The van der Waals surface area contributed by atoms with Crippen molar-refractivity contribution in [3.8, 4) is 0 Å². The van der Waals surface area contributed by atoms with Gasteiger partial charge in [0.05, 0.1) is 0 Å². The number of carbonyl (C=O) groups is 4. The van der Waals surface area contributed by atoms with Crippen LogP contribution in [0.15, 0.2) is 134 Å². The highest BCUT2D eigenvalue weighted by Crippen LogP contribution is 2.37. The Bertz CT molecular complexity index is 1570. The van der Waals surface area contributed by atoms with E-state index in [0.29, 0.717) is 22.5 Å². The van der Waals surface area contributed by atoms with E-state index in [0.717, 1.165) is 0 Å². The Balaban J connectivity index is 1.24. The van der Waals surface area contributed by atoms with Crippen LogP contribution in [0, 0.1) is 0 Å². The van der Waals surface area contributed by atoms with E-state index in [-0.39, 0.29) is 23.6 Å². The van der Waals surface area contributed by atoms with Crippen LogP contribution in [0.4, 0.5) is 11.4 Å². The molecule has 4 heterocycles. The van der Waals surface area contributed by atoms with Crippen molar-refractivity contribution < 1.29 is 19.2 Å². The third-order valence-electron chi connectivity index (χ3n) is 8.02. The van der Waals surface area contributed by atoms with Gasteiger partial charge in [-0.1, -0.05) is 72.8 Å². The fourth-order valence-electron chi connectivity index (χ4n) is 6.04. The molecule has 3 aromatic rings. The molecule has 8 nitrogen and oxygen atoms in total. The second-order valence-electron chi connectivity index (χ2n) is 10.4. The van der Waals surface area contributed by atoms with Crippen LogP contribution in [0.3, 0.4) is 0 Å². The number of anilines is 2. The lowest BCUT2D eigenvalue weighted by Crippen LogP contribution is -2.60. The summed E-state index contributed by atoms with van der Waals surface area (Å²) in [7, 11) is 0. The summed E-state index contributed by atoms with van der Waals surface area (Å²) in [5.41, 5.74) is 2.35. The molecule has 0 spiro atoms. The predicted octanol–water partition coefficient (Wildman–Crippen LogP) is 4.42. The van der Waals surface area contributed by atoms with Gasteiger partial charge in [0.25, 0.3) is 0 Å². The standard InChI is InChI=1S/C34H26N4O4/c39-31-29(33(41)37(25-11-3-1-4-12-25)27-15-7-9-21-35(27)31)23-17-19-24(20-18-23)30-32(40)36-22-10-8-16-28(36)38(34(30)42)26-13-5-2-6-14-26/h1-22,27-30H. The largest absolute Gasteiger partial charge is 0.293 e. The first-order valence-corrected chi connectivity index (χ1v) is 13.7. The maximum absolute atomic E-state index is 13.9. The van der Waals surface area contributed by atoms with Crippen molar-refractivity contribution >= 4 is 35.0 Å². The SMILES string of the molecule is O=C1C(c2ccc(C3C(=O)N4C=CC=CC4N(c4ccccc4)C3=O)cc2)C(=O)N(c2ccccc2)C2C=CC=CN12. The number of amides is 4. The first kappa shape index (κ1) is 25.5. The number of rotatable bonds is 4. The Hall–Kier alpha value is -5.50. The number of hydrogen-bond donors (Lipinski definition) is 0. The zero-order valence-corrected chi connectivity index (χ0v) is 22.4. The van der Waals surface area contributed by atoms with E-state index in [1.54, 1.807) is 68.4 Å². The van der Waals surface area contributed by atoms with Crippen molar-refractivity contribution in [1.29, 1.82) is 0 Å². The smallest absolute Gasteiger partial charge is 0.246 e. The normalized spacial score (nSPS) is 24.8.